The van der Waals surface area contributed by atoms with Crippen molar-refractivity contribution in [3.05, 3.63) is 35.9 Å². The molecule has 1 unspecified atom stereocenters. The zero-order valence-corrected chi connectivity index (χ0v) is 12.3. The molecular weight excluding hydrogens is 258 g/mol. The molecule has 0 spiro atoms. The van der Waals surface area contributed by atoms with Crippen LogP contribution in [-0.2, 0) is 14.3 Å². The van der Waals surface area contributed by atoms with Crippen LogP contribution in [-0.4, -0.2) is 24.2 Å². The molecule has 1 amide bonds. The summed E-state index contributed by atoms with van der Waals surface area (Å²) in [5.74, 6) is -0.398. The van der Waals surface area contributed by atoms with Crippen LogP contribution in [0.15, 0.2) is 30.3 Å². The van der Waals surface area contributed by atoms with Gasteiger partial charge >= 0.3 is 12.1 Å². The minimum Gasteiger partial charge on any atom is -0.456 e. The Morgan fingerprint density at radius 3 is 2.30 bits per heavy atom. The second-order valence-corrected chi connectivity index (χ2v) is 5.39. The van der Waals surface area contributed by atoms with Crippen molar-refractivity contribution in [2.24, 2.45) is 0 Å². The number of amides is 1. The van der Waals surface area contributed by atoms with Gasteiger partial charge in [0.25, 0.3) is 0 Å². The van der Waals surface area contributed by atoms with Crippen LogP contribution >= 0.6 is 0 Å². The molecule has 1 aromatic rings. The van der Waals surface area contributed by atoms with E-state index in [2.05, 4.69) is 5.32 Å². The summed E-state index contributed by atoms with van der Waals surface area (Å²) in [6.07, 6.45) is -1.06. The molecule has 1 atom stereocenters. The van der Waals surface area contributed by atoms with Gasteiger partial charge in [-0.3, -0.25) is 4.79 Å². The summed E-state index contributed by atoms with van der Waals surface area (Å²) >= 11 is 0. The molecule has 5 heteroatoms. The number of ether oxygens (including phenoxy) is 2. The van der Waals surface area contributed by atoms with Crippen molar-refractivity contribution in [2.45, 2.75) is 39.4 Å². The van der Waals surface area contributed by atoms with Crippen LogP contribution in [0.25, 0.3) is 0 Å². The van der Waals surface area contributed by atoms with Crippen LogP contribution in [0.3, 0.4) is 0 Å². The van der Waals surface area contributed by atoms with Crippen LogP contribution in [0, 0.1) is 0 Å². The fourth-order valence-electron chi connectivity index (χ4n) is 1.59. The van der Waals surface area contributed by atoms with Gasteiger partial charge in [-0.2, -0.15) is 0 Å². The van der Waals surface area contributed by atoms with Crippen LogP contribution in [0.5, 0.6) is 0 Å². The maximum absolute atomic E-state index is 11.6. The molecule has 0 aromatic heterocycles. The fourth-order valence-corrected chi connectivity index (χ4v) is 1.59. The van der Waals surface area contributed by atoms with Gasteiger partial charge in [0.15, 0.2) is 0 Å². The van der Waals surface area contributed by atoms with E-state index in [0.717, 1.165) is 5.56 Å². The van der Waals surface area contributed by atoms with Crippen molar-refractivity contribution in [3.8, 4) is 0 Å². The molecule has 0 heterocycles. The van der Waals surface area contributed by atoms with Crippen molar-refractivity contribution in [1.82, 2.24) is 5.32 Å². The van der Waals surface area contributed by atoms with E-state index in [0.29, 0.717) is 0 Å². The summed E-state index contributed by atoms with van der Waals surface area (Å²) in [7, 11) is 0. The van der Waals surface area contributed by atoms with Crippen molar-refractivity contribution in [1.29, 1.82) is 0 Å². The van der Waals surface area contributed by atoms with Gasteiger partial charge in [0, 0.05) is 6.92 Å². The van der Waals surface area contributed by atoms with Crippen LogP contribution in [0.1, 0.15) is 39.4 Å². The number of hydrogen-bond acceptors (Lipinski definition) is 4. The maximum Gasteiger partial charge on any atom is 0.407 e. The Bertz CT molecular complexity index is 451. The first-order chi connectivity index (χ1) is 9.28. The van der Waals surface area contributed by atoms with Crippen LogP contribution in [0.4, 0.5) is 4.79 Å². The normalized spacial score (nSPS) is 12.4. The van der Waals surface area contributed by atoms with Gasteiger partial charge in [0.2, 0.25) is 0 Å². The number of benzene rings is 1. The Morgan fingerprint density at radius 2 is 1.80 bits per heavy atom. The van der Waals surface area contributed by atoms with Gasteiger partial charge in [0.05, 0.1) is 6.54 Å². The van der Waals surface area contributed by atoms with E-state index in [-0.39, 0.29) is 6.54 Å². The average Bonchev–Trinajstić information content (AvgIpc) is 2.33. The molecule has 0 saturated carbocycles. The Kier molecular flexibility index (Phi) is 5.55. The summed E-state index contributed by atoms with van der Waals surface area (Å²) in [6.45, 7) is 6.86. The third kappa shape index (κ3) is 6.22. The lowest BCUT2D eigenvalue weighted by Crippen LogP contribution is -2.35. The molecule has 0 bridgehead atoms. The lowest BCUT2D eigenvalue weighted by atomic mass is 10.1. The molecule has 110 valence electrons. The van der Waals surface area contributed by atoms with E-state index in [4.69, 9.17) is 9.47 Å². The molecule has 5 nitrogen and oxygen atoms in total. The second kappa shape index (κ2) is 6.93. The highest BCUT2D eigenvalue weighted by Gasteiger charge is 2.19. The van der Waals surface area contributed by atoms with Crippen molar-refractivity contribution in [2.75, 3.05) is 6.54 Å². The van der Waals surface area contributed by atoms with E-state index in [1.165, 1.54) is 6.92 Å². The molecular formula is C15H21NO4. The average molecular weight is 279 g/mol. The van der Waals surface area contributed by atoms with Crippen molar-refractivity contribution in [3.63, 3.8) is 0 Å². The number of hydrogen-bond donors (Lipinski definition) is 1. The van der Waals surface area contributed by atoms with E-state index in [1.54, 1.807) is 20.8 Å². The van der Waals surface area contributed by atoms with Crippen molar-refractivity contribution >= 4 is 12.1 Å². The molecule has 0 saturated heterocycles. The van der Waals surface area contributed by atoms with Crippen LogP contribution in [0.2, 0.25) is 0 Å². The molecule has 0 fully saturated rings. The number of esters is 1. The lowest BCUT2D eigenvalue weighted by molar-refractivity contribution is -0.146. The lowest BCUT2D eigenvalue weighted by Gasteiger charge is -2.22. The largest absolute Gasteiger partial charge is 0.456 e. The quantitative estimate of drug-likeness (QED) is 0.861. The first-order valence-corrected chi connectivity index (χ1v) is 6.47. The standard InChI is InChI=1S/C15H21NO4/c1-11(17)19-13(12-8-6-5-7-9-12)10-16-14(18)20-15(2,3)4/h5-9,13H,10H2,1-4H3,(H,16,18). The fraction of sp³-hybridized carbons (Fsp3) is 0.467. The van der Waals surface area contributed by atoms with Gasteiger partial charge < -0.3 is 14.8 Å². The highest BCUT2D eigenvalue weighted by atomic mass is 16.6. The number of rotatable bonds is 4. The zero-order valence-electron chi connectivity index (χ0n) is 12.3. The van der Waals surface area contributed by atoms with E-state index in [9.17, 15) is 9.59 Å². The number of carbonyl (C=O) groups is 2. The zero-order chi connectivity index (χ0) is 15.2. The first kappa shape index (κ1) is 16.0. The molecule has 0 aliphatic carbocycles. The van der Waals surface area contributed by atoms with Gasteiger partial charge in [-0.25, -0.2) is 4.79 Å². The summed E-state index contributed by atoms with van der Waals surface area (Å²) in [5, 5.41) is 2.60. The smallest absolute Gasteiger partial charge is 0.407 e. The topological polar surface area (TPSA) is 64.6 Å². The van der Waals surface area contributed by atoms with Gasteiger partial charge in [0.1, 0.15) is 11.7 Å². The van der Waals surface area contributed by atoms with E-state index in [1.807, 2.05) is 30.3 Å². The summed E-state index contributed by atoms with van der Waals surface area (Å²) in [4.78, 5) is 22.7. The van der Waals surface area contributed by atoms with E-state index >= 15 is 0 Å². The minimum absolute atomic E-state index is 0.165. The SMILES string of the molecule is CC(=O)OC(CNC(=O)OC(C)(C)C)c1ccccc1. The molecule has 1 aromatic carbocycles. The molecule has 0 aliphatic rings. The first-order valence-electron chi connectivity index (χ1n) is 6.47. The predicted octanol–water partition coefficient (Wildman–Crippen LogP) is 2.82. The summed E-state index contributed by atoms with van der Waals surface area (Å²) < 4.78 is 10.3. The summed E-state index contributed by atoms with van der Waals surface area (Å²) in [5.41, 5.74) is 0.257. The minimum atomic E-state index is -0.562. The Labute approximate surface area is 119 Å². The highest BCUT2D eigenvalue weighted by molar-refractivity contribution is 5.68. The predicted molar refractivity (Wildman–Crippen MR) is 75.2 cm³/mol. The monoisotopic (exact) mass is 279 g/mol. The number of carbonyl (C=O) groups excluding carboxylic acids is 2. The van der Waals surface area contributed by atoms with E-state index < -0.39 is 23.8 Å². The molecule has 1 rings (SSSR count). The summed E-state index contributed by atoms with van der Waals surface area (Å²) in [6, 6.07) is 9.24. The molecule has 1 N–H and O–H groups in total. The molecule has 0 aliphatic heterocycles. The third-order valence-corrected chi connectivity index (χ3v) is 2.31. The number of alkyl carbamates (subject to hydrolysis) is 1. The highest BCUT2D eigenvalue weighted by Crippen LogP contribution is 2.16. The van der Waals surface area contributed by atoms with Gasteiger partial charge in [-0.1, -0.05) is 30.3 Å². The maximum atomic E-state index is 11.6. The molecule has 0 radical (unpaired) electrons. The molecule has 20 heavy (non-hydrogen) atoms. The number of nitrogens with one attached hydrogen (secondary N) is 1. The Morgan fingerprint density at radius 1 is 1.20 bits per heavy atom. The second-order valence-electron chi connectivity index (χ2n) is 5.39. The third-order valence-electron chi connectivity index (χ3n) is 2.31. The van der Waals surface area contributed by atoms with Gasteiger partial charge in [-0.15, -0.1) is 0 Å². The Balaban J connectivity index is 2.63. The van der Waals surface area contributed by atoms with Crippen LogP contribution < -0.4 is 5.32 Å². The van der Waals surface area contributed by atoms with Crippen molar-refractivity contribution < 1.29 is 19.1 Å². The Hall–Kier alpha value is -2.04. The van der Waals surface area contributed by atoms with Gasteiger partial charge in [-0.05, 0) is 26.3 Å².